The molecule has 0 spiro atoms. The van der Waals surface area contributed by atoms with Crippen molar-refractivity contribution in [3.05, 3.63) is 79.7 Å². The van der Waals surface area contributed by atoms with E-state index >= 15 is 0 Å². The van der Waals surface area contributed by atoms with E-state index in [9.17, 15) is 9.59 Å². The van der Waals surface area contributed by atoms with Gasteiger partial charge in [0, 0.05) is 18.0 Å². The van der Waals surface area contributed by atoms with Crippen LogP contribution in [0.25, 0.3) is 0 Å². The smallest absolute Gasteiger partial charge is 0.264 e. The van der Waals surface area contributed by atoms with Crippen LogP contribution in [0.3, 0.4) is 0 Å². The highest BCUT2D eigenvalue weighted by molar-refractivity contribution is 7.12. The van der Waals surface area contributed by atoms with Gasteiger partial charge in [-0.05, 0) is 58.8 Å². The van der Waals surface area contributed by atoms with Crippen molar-refractivity contribution >= 4 is 34.5 Å². The number of benzene rings is 1. The van der Waals surface area contributed by atoms with E-state index in [4.69, 9.17) is 0 Å². The Labute approximate surface area is 192 Å². The van der Waals surface area contributed by atoms with Crippen molar-refractivity contribution in [1.29, 1.82) is 0 Å². The number of carbonyl (C=O) groups is 2. The summed E-state index contributed by atoms with van der Waals surface area (Å²) < 4.78 is 0. The summed E-state index contributed by atoms with van der Waals surface area (Å²) in [6, 6.07) is 14.1. The molecular weight excluding hydrogens is 424 g/mol. The second-order valence-electron chi connectivity index (χ2n) is 8.45. The van der Waals surface area contributed by atoms with E-state index in [1.54, 1.807) is 16.2 Å². The van der Waals surface area contributed by atoms with Crippen molar-refractivity contribution in [2.24, 2.45) is 5.92 Å². The summed E-state index contributed by atoms with van der Waals surface area (Å²) in [6.45, 7) is 7.60. The van der Waals surface area contributed by atoms with E-state index in [0.717, 1.165) is 12.0 Å². The lowest BCUT2D eigenvalue weighted by Gasteiger charge is -2.38. The molecule has 0 aliphatic carbocycles. The van der Waals surface area contributed by atoms with Gasteiger partial charge >= 0.3 is 0 Å². The number of nitrogens with zero attached hydrogens (tertiary/aromatic N) is 2. The first-order valence-electron chi connectivity index (χ1n) is 10.7. The molecule has 3 aromatic rings. The summed E-state index contributed by atoms with van der Waals surface area (Å²) >= 11 is 3.19. The van der Waals surface area contributed by atoms with Crippen LogP contribution < -0.4 is 0 Å². The van der Waals surface area contributed by atoms with Crippen LogP contribution >= 0.6 is 22.7 Å². The number of aryl methyl sites for hydroxylation is 1. The molecule has 162 valence electrons. The zero-order valence-electron chi connectivity index (χ0n) is 18.2. The molecule has 0 saturated carbocycles. The van der Waals surface area contributed by atoms with Crippen LogP contribution in [0.15, 0.2) is 53.2 Å². The molecule has 0 bridgehead atoms. The van der Waals surface area contributed by atoms with Gasteiger partial charge in [0.1, 0.15) is 6.54 Å². The molecule has 0 saturated heterocycles. The van der Waals surface area contributed by atoms with Gasteiger partial charge in [0.25, 0.3) is 5.91 Å². The molecule has 1 aliphatic heterocycles. The lowest BCUT2D eigenvalue weighted by atomic mass is 9.90. The number of fused-ring (bicyclic) bond motifs is 1. The third-order valence-corrected chi connectivity index (χ3v) is 7.55. The third-order valence-electron chi connectivity index (χ3n) is 5.70. The fraction of sp³-hybridized carbons (Fsp3) is 0.360. The highest BCUT2D eigenvalue weighted by Gasteiger charge is 2.34. The summed E-state index contributed by atoms with van der Waals surface area (Å²) in [4.78, 5) is 32.5. The summed E-state index contributed by atoms with van der Waals surface area (Å²) in [5, 5.41) is 4.02. The minimum absolute atomic E-state index is 0.00987. The molecule has 1 aromatic carbocycles. The van der Waals surface area contributed by atoms with Crippen molar-refractivity contribution in [2.45, 2.75) is 33.2 Å². The normalized spacial score (nSPS) is 15.7. The van der Waals surface area contributed by atoms with Gasteiger partial charge in [-0.1, -0.05) is 44.2 Å². The molecule has 0 radical (unpaired) electrons. The first kappa shape index (κ1) is 21.8. The SMILES string of the molecule is Cc1ccccc1C1c2ccsc2CCN1C(=O)CN(CC(C)C)C(=O)c1cccs1. The lowest BCUT2D eigenvalue weighted by Crippen LogP contribution is -2.47. The quantitative estimate of drug-likeness (QED) is 0.503. The Morgan fingerprint density at radius 3 is 2.58 bits per heavy atom. The van der Waals surface area contributed by atoms with Crippen molar-refractivity contribution in [2.75, 3.05) is 19.6 Å². The third kappa shape index (κ3) is 4.60. The maximum Gasteiger partial charge on any atom is 0.264 e. The monoisotopic (exact) mass is 452 g/mol. The summed E-state index contributed by atoms with van der Waals surface area (Å²) in [7, 11) is 0. The van der Waals surface area contributed by atoms with Crippen LogP contribution in [0.4, 0.5) is 0 Å². The average molecular weight is 453 g/mol. The van der Waals surface area contributed by atoms with Crippen molar-refractivity contribution in [3.63, 3.8) is 0 Å². The van der Waals surface area contributed by atoms with E-state index in [0.29, 0.717) is 18.0 Å². The molecule has 2 amide bonds. The second-order valence-corrected chi connectivity index (χ2v) is 10.4. The highest BCUT2D eigenvalue weighted by atomic mass is 32.1. The standard InChI is InChI=1S/C25H28N2O2S2/c1-17(2)15-26(25(29)22-9-6-13-30-22)16-23(28)27-12-10-21-20(11-14-31-21)24(27)19-8-5-4-7-18(19)3/h4-9,11,13-14,17,24H,10,12,15-16H2,1-3H3. The molecule has 1 unspecified atom stereocenters. The Morgan fingerprint density at radius 1 is 1.06 bits per heavy atom. The van der Waals surface area contributed by atoms with Gasteiger partial charge in [-0.3, -0.25) is 9.59 Å². The van der Waals surface area contributed by atoms with Gasteiger partial charge in [0.2, 0.25) is 5.91 Å². The minimum Gasteiger partial charge on any atom is -0.330 e. The molecule has 4 nitrogen and oxygen atoms in total. The summed E-state index contributed by atoms with van der Waals surface area (Å²) in [6.07, 6.45) is 0.865. The second kappa shape index (κ2) is 9.37. The van der Waals surface area contributed by atoms with Gasteiger partial charge in [-0.25, -0.2) is 0 Å². The summed E-state index contributed by atoms with van der Waals surface area (Å²) in [5.41, 5.74) is 3.56. The minimum atomic E-state index is -0.0959. The molecule has 0 N–H and O–H groups in total. The molecule has 4 rings (SSSR count). The number of rotatable bonds is 6. The Kier molecular flexibility index (Phi) is 6.58. The Bertz CT molecular complexity index is 1060. The van der Waals surface area contributed by atoms with Gasteiger partial charge in [0.15, 0.2) is 0 Å². The van der Waals surface area contributed by atoms with Crippen LogP contribution in [0.1, 0.15) is 51.1 Å². The molecule has 1 atom stereocenters. The number of hydrogen-bond acceptors (Lipinski definition) is 4. The Balaban J connectivity index is 1.64. The highest BCUT2D eigenvalue weighted by Crippen LogP contribution is 2.39. The first-order valence-corrected chi connectivity index (χ1v) is 12.5. The summed E-state index contributed by atoms with van der Waals surface area (Å²) in [5.74, 6) is 0.238. The zero-order valence-corrected chi connectivity index (χ0v) is 19.8. The van der Waals surface area contributed by atoms with Gasteiger partial charge < -0.3 is 9.80 Å². The number of thiophene rings is 2. The van der Waals surface area contributed by atoms with Gasteiger partial charge in [0.05, 0.1) is 10.9 Å². The van der Waals surface area contributed by atoms with Crippen molar-refractivity contribution < 1.29 is 9.59 Å². The van der Waals surface area contributed by atoms with Gasteiger partial charge in [-0.15, -0.1) is 22.7 Å². The Hall–Kier alpha value is -2.44. The molecule has 0 fully saturated rings. The fourth-order valence-corrected chi connectivity index (χ4v) is 5.88. The van der Waals surface area contributed by atoms with E-state index in [1.165, 1.54) is 27.3 Å². The predicted molar refractivity (Wildman–Crippen MR) is 128 cm³/mol. The van der Waals surface area contributed by atoms with Crippen LogP contribution in [-0.4, -0.2) is 41.2 Å². The van der Waals surface area contributed by atoms with Gasteiger partial charge in [-0.2, -0.15) is 0 Å². The average Bonchev–Trinajstić information content (AvgIpc) is 3.44. The van der Waals surface area contributed by atoms with Crippen LogP contribution in [0, 0.1) is 12.8 Å². The van der Waals surface area contributed by atoms with Crippen molar-refractivity contribution in [1.82, 2.24) is 9.80 Å². The van der Waals surface area contributed by atoms with Crippen LogP contribution in [-0.2, 0) is 11.2 Å². The molecular formula is C25H28N2O2S2. The van der Waals surface area contributed by atoms with E-state index < -0.39 is 0 Å². The number of hydrogen-bond donors (Lipinski definition) is 0. The largest absolute Gasteiger partial charge is 0.330 e. The first-order chi connectivity index (χ1) is 15.0. The molecule has 3 heterocycles. The number of carbonyl (C=O) groups excluding carboxylic acids is 2. The molecule has 1 aliphatic rings. The van der Waals surface area contributed by atoms with Crippen LogP contribution in [0.5, 0.6) is 0 Å². The predicted octanol–water partition coefficient (Wildman–Crippen LogP) is 5.39. The maximum atomic E-state index is 13.6. The van der Waals surface area contributed by atoms with Crippen molar-refractivity contribution in [3.8, 4) is 0 Å². The van der Waals surface area contributed by atoms with Crippen LogP contribution in [0.2, 0.25) is 0 Å². The lowest BCUT2D eigenvalue weighted by molar-refractivity contribution is -0.134. The molecule has 31 heavy (non-hydrogen) atoms. The number of amides is 2. The maximum absolute atomic E-state index is 13.6. The van der Waals surface area contributed by atoms with E-state index in [-0.39, 0.29) is 30.3 Å². The topological polar surface area (TPSA) is 40.6 Å². The van der Waals surface area contributed by atoms with E-state index in [2.05, 4.69) is 44.4 Å². The molecule has 2 aromatic heterocycles. The molecule has 6 heteroatoms. The Morgan fingerprint density at radius 2 is 1.87 bits per heavy atom. The fourth-order valence-electron chi connectivity index (χ4n) is 4.28. The van der Waals surface area contributed by atoms with E-state index in [1.807, 2.05) is 34.5 Å². The zero-order chi connectivity index (χ0) is 22.0.